The van der Waals surface area contributed by atoms with Crippen LogP contribution in [0.1, 0.15) is 87.1 Å². The van der Waals surface area contributed by atoms with E-state index < -0.39 is 15.8 Å². The van der Waals surface area contributed by atoms with Crippen LogP contribution in [0.3, 0.4) is 0 Å². The first-order chi connectivity index (χ1) is 16.5. The molecule has 0 radical (unpaired) electrons. The van der Waals surface area contributed by atoms with Crippen LogP contribution in [0.15, 0.2) is 34.2 Å². The number of sulfonamides is 1. The minimum Gasteiger partial charge on any atom is -0.339 e. The number of rotatable bonds is 7. The van der Waals surface area contributed by atoms with Gasteiger partial charge < -0.3 is 9.09 Å². The Morgan fingerprint density at radius 3 is 2.47 bits per heavy atom. The second kappa shape index (κ2) is 8.53. The van der Waals surface area contributed by atoms with Crippen molar-refractivity contribution in [1.29, 1.82) is 0 Å². The van der Waals surface area contributed by atoms with Crippen molar-refractivity contribution in [3.8, 4) is 11.4 Å². The van der Waals surface area contributed by atoms with Crippen molar-refractivity contribution >= 4 is 10.0 Å². The molecule has 6 rings (SSSR count). The molecule has 9 nitrogen and oxygen atoms in total. The van der Waals surface area contributed by atoms with Gasteiger partial charge in [-0.2, -0.15) is 4.98 Å². The molecule has 3 aliphatic carbocycles. The van der Waals surface area contributed by atoms with E-state index in [1.54, 1.807) is 18.7 Å². The van der Waals surface area contributed by atoms with Crippen LogP contribution in [0.25, 0.3) is 11.4 Å². The zero-order valence-electron chi connectivity index (χ0n) is 18.7. The molecule has 0 saturated heterocycles. The highest BCUT2D eigenvalue weighted by Gasteiger charge is 2.36. The SMILES string of the molecule is O=S(=O)(N[C@H]1CCC[C@@H](n2cnnc2)C1)c1c(F)cc(-c2noc(C3CCC3)n2)cc1C1CC1. The Morgan fingerprint density at radius 1 is 1.00 bits per heavy atom. The quantitative estimate of drug-likeness (QED) is 0.535. The number of nitrogens with one attached hydrogen (secondary N) is 1. The molecule has 0 unspecified atom stereocenters. The van der Waals surface area contributed by atoms with Gasteiger partial charge in [0.05, 0.1) is 0 Å². The maximum Gasteiger partial charge on any atom is 0.244 e. The standard InChI is InChI=1S/C23H27FN6O3S/c24-20-10-16(22-27-23(33-28-22)15-3-1-4-15)9-19(14-7-8-14)21(20)34(31,32)29-17-5-2-6-18(11-17)30-12-25-26-13-30/h9-10,12-15,17-18,29H,1-8,11H2/t17-,18+/m0/s1. The number of nitrogens with zero attached hydrogens (tertiary/aromatic N) is 5. The van der Waals surface area contributed by atoms with E-state index in [1.807, 2.05) is 4.57 Å². The summed E-state index contributed by atoms with van der Waals surface area (Å²) in [5.74, 6) is 0.412. The molecule has 3 aromatic rings. The van der Waals surface area contributed by atoms with E-state index in [-0.39, 0.29) is 28.8 Å². The maximum atomic E-state index is 15.5. The fourth-order valence-corrected chi connectivity index (χ4v) is 6.74. The third-order valence-corrected chi connectivity index (χ3v) is 8.95. The Bertz CT molecular complexity index is 1280. The highest BCUT2D eigenvalue weighted by atomic mass is 32.2. The molecule has 2 heterocycles. The van der Waals surface area contributed by atoms with E-state index in [9.17, 15) is 8.42 Å². The average molecular weight is 487 g/mol. The van der Waals surface area contributed by atoms with Gasteiger partial charge in [0.1, 0.15) is 23.4 Å². The number of hydrogen-bond donors (Lipinski definition) is 1. The summed E-state index contributed by atoms with van der Waals surface area (Å²) in [7, 11) is -4.05. The summed E-state index contributed by atoms with van der Waals surface area (Å²) in [5.41, 5.74) is 0.960. The second-order valence-corrected chi connectivity index (χ2v) is 11.4. The maximum absolute atomic E-state index is 15.5. The summed E-state index contributed by atoms with van der Waals surface area (Å²) in [6, 6.07) is 2.79. The first kappa shape index (κ1) is 21.8. The van der Waals surface area contributed by atoms with Crippen molar-refractivity contribution in [2.24, 2.45) is 0 Å². The summed E-state index contributed by atoms with van der Waals surface area (Å²) in [4.78, 5) is 4.22. The van der Waals surface area contributed by atoms with E-state index >= 15 is 4.39 Å². The van der Waals surface area contributed by atoms with Crippen LogP contribution in [-0.2, 0) is 10.0 Å². The molecule has 1 aromatic carbocycles. The minimum absolute atomic E-state index is 0.0233. The van der Waals surface area contributed by atoms with Crippen molar-refractivity contribution in [3.05, 3.63) is 42.1 Å². The van der Waals surface area contributed by atoms with E-state index in [0.717, 1.165) is 44.9 Å². The molecular formula is C23H27FN6O3S. The fraction of sp³-hybridized carbons (Fsp3) is 0.565. The van der Waals surface area contributed by atoms with Gasteiger partial charge in [-0.05, 0) is 75.0 Å². The van der Waals surface area contributed by atoms with E-state index in [2.05, 4.69) is 25.1 Å². The topological polar surface area (TPSA) is 116 Å². The minimum atomic E-state index is -4.05. The van der Waals surface area contributed by atoms with Crippen LogP contribution in [0.5, 0.6) is 0 Å². The van der Waals surface area contributed by atoms with Crippen LogP contribution in [0, 0.1) is 5.82 Å². The summed E-state index contributed by atoms with van der Waals surface area (Å²) < 4.78 is 52.4. The largest absolute Gasteiger partial charge is 0.339 e. The highest BCUT2D eigenvalue weighted by Crippen LogP contribution is 2.45. The van der Waals surface area contributed by atoms with Gasteiger partial charge in [0.25, 0.3) is 0 Å². The molecule has 3 saturated carbocycles. The molecule has 1 N–H and O–H groups in total. The zero-order valence-corrected chi connectivity index (χ0v) is 19.5. The van der Waals surface area contributed by atoms with Crippen molar-refractivity contribution in [1.82, 2.24) is 29.6 Å². The van der Waals surface area contributed by atoms with Crippen LogP contribution in [0.4, 0.5) is 4.39 Å². The molecule has 0 amide bonds. The molecule has 0 aliphatic heterocycles. The monoisotopic (exact) mass is 486 g/mol. The smallest absolute Gasteiger partial charge is 0.244 e. The Balaban J connectivity index is 1.28. The molecule has 2 aromatic heterocycles. The number of benzene rings is 1. The van der Waals surface area contributed by atoms with Gasteiger partial charge in [0, 0.05) is 23.6 Å². The molecule has 0 spiro atoms. The summed E-state index contributed by atoms with van der Waals surface area (Å²) in [5, 5.41) is 11.7. The van der Waals surface area contributed by atoms with E-state index in [4.69, 9.17) is 4.52 Å². The number of halogens is 1. The molecule has 3 aliphatic rings. The van der Waals surface area contributed by atoms with Gasteiger partial charge in [-0.15, -0.1) is 10.2 Å². The Hall–Kier alpha value is -2.66. The number of aromatic nitrogens is 5. The lowest BCUT2D eigenvalue weighted by Gasteiger charge is -2.30. The highest BCUT2D eigenvalue weighted by molar-refractivity contribution is 7.89. The molecule has 11 heteroatoms. The molecule has 0 bridgehead atoms. The second-order valence-electron chi connectivity index (χ2n) is 9.78. The Kier molecular flexibility index (Phi) is 5.48. The summed E-state index contributed by atoms with van der Waals surface area (Å²) in [6.07, 6.45) is 11.3. The molecule has 3 fully saturated rings. The van der Waals surface area contributed by atoms with E-state index in [1.165, 1.54) is 6.07 Å². The lowest BCUT2D eigenvalue weighted by atomic mass is 9.85. The first-order valence-corrected chi connectivity index (χ1v) is 13.5. The predicted molar refractivity (Wildman–Crippen MR) is 120 cm³/mol. The van der Waals surface area contributed by atoms with Crippen LogP contribution < -0.4 is 4.72 Å². The van der Waals surface area contributed by atoms with Crippen molar-refractivity contribution in [2.75, 3.05) is 0 Å². The average Bonchev–Trinajstić information content (AvgIpc) is 3.26. The Morgan fingerprint density at radius 2 is 1.76 bits per heavy atom. The summed E-state index contributed by atoms with van der Waals surface area (Å²) in [6.45, 7) is 0. The van der Waals surface area contributed by atoms with Gasteiger partial charge in [-0.3, -0.25) is 0 Å². The lowest BCUT2D eigenvalue weighted by molar-refractivity contribution is 0.292. The van der Waals surface area contributed by atoms with Crippen LogP contribution in [0.2, 0.25) is 0 Å². The van der Waals surface area contributed by atoms with Crippen molar-refractivity contribution < 1.29 is 17.3 Å². The van der Waals surface area contributed by atoms with Crippen molar-refractivity contribution in [3.63, 3.8) is 0 Å². The van der Waals surface area contributed by atoms with E-state index in [0.29, 0.717) is 35.7 Å². The Labute approximate surface area is 197 Å². The van der Waals surface area contributed by atoms with Crippen LogP contribution >= 0.6 is 0 Å². The normalized spacial score (nSPS) is 23.7. The molecule has 34 heavy (non-hydrogen) atoms. The molecule has 180 valence electrons. The molecular weight excluding hydrogens is 459 g/mol. The summed E-state index contributed by atoms with van der Waals surface area (Å²) >= 11 is 0. The van der Waals surface area contributed by atoms with Gasteiger partial charge in [0.15, 0.2) is 0 Å². The zero-order chi connectivity index (χ0) is 23.3. The third kappa shape index (κ3) is 4.15. The van der Waals surface area contributed by atoms with Crippen LogP contribution in [-0.4, -0.2) is 39.4 Å². The van der Waals surface area contributed by atoms with Crippen molar-refractivity contribution in [2.45, 2.75) is 86.6 Å². The molecule has 2 atom stereocenters. The lowest BCUT2D eigenvalue weighted by Crippen LogP contribution is -2.39. The van der Waals surface area contributed by atoms with Gasteiger partial charge in [0.2, 0.25) is 21.7 Å². The van der Waals surface area contributed by atoms with Gasteiger partial charge in [-0.25, -0.2) is 17.5 Å². The fourth-order valence-electron chi connectivity index (χ4n) is 5.12. The van der Waals surface area contributed by atoms with Gasteiger partial charge >= 0.3 is 0 Å². The first-order valence-electron chi connectivity index (χ1n) is 12.0. The predicted octanol–water partition coefficient (Wildman–Crippen LogP) is 4.07. The van der Waals surface area contributed by atoms with Gasteiger partial charge in [-0.1, -0.05) is 11.6 Å². The third-order valence-electron chi connectivity index (χ3n) is 7.34. The number of hydrogen-bond acceptors (Lipinski definition) is 7.